The maximum Gasteiger partial charge on any atom is 0.148 e. The number of rotatable bonds is 5. The van der Waals surface area contributed by atoms with Crippen LogP contribution in [-0.4, -0.2) is 43.2 Å². The Kier molecular flexibility index (Phi) is 11.7. The molecule has 4 rings (SSSR count). The second-order valence-electron chi connectivity index (χ2n) is 7.94. The number of hydrogen-bond donors (Lipinski definition) is 3. The van der Waals surface area contributed by atoms with Crippen LogP contribution in [0.15, 0.2) is 61.6 Å². The third-order valence-corrected chi connectivity index (χ3v) is 5.57. The van der Waals surface area contributed by atoms with E-state index in [1.807, 2.05) is 6.07 Å². The predicted octanol–water partition coefficient (Wildman–Crippen LogP) is 5.66. The molecule has 0 bridgehead atoms. The molecule has 2 saturated heterocycles. The zero-order valence-corrected chi connectivity index (χ0v) is 20.3. The molecule has 0 atom stereocenters. The molecule has 2 fully saturated rings. The average molecular weight is 475 g/mol. The number of nitrogens with one attached hydrogen (secondary N) is 2. The monoisotopic (exact) mass is 474 g/mol. The van der Waals surface area contributed by atoms with E-state index in [0.29, 0.717) is 10.7 Å². The van der Waals surface area contributed by atoms with E-state index in [9.17, 15) is 4.39 Å². The van der Waals surface area contributed by atoms with Crippen LogP contribution in [0.2, 0.25) is 5.02 Å². The van der Waals surface area contributed by atoms with E-state index < -0.39 is 0 Å². The number of halogens is 2. The zero-order chi connectivity index (χ0) is 24.1. The minimum Gasteiger partial charge on any atom is -0.370 e. The molecule has 2 aromatic rings. The van der Waals surface area contributed by atoms with E-state index in [4.69, 9.17) is 17.3 Å². The van der Waals surface area contributed by atoms with E-state index in [1.165, 1.54) is 38.4 Å². The Labute approximate surface area is 202 Å². The van der Waals surface area contributed by atoms with Crippen LogP contribution < -0.4 is 21.3 Å². The van der Waals surface area contributed by atoms with Gasteiger partial charge in [-0.2, -0.15) is 0 Å². The number of benzene rings is 1. The van der Waals surface area contributed by atoms with Gasteiger partial charge in [0.1, 0.15) is 11.6 Å². The number of anilines is 3. The highest BCUT2D eigenvalue weighted by molar-refractivity contribution is 6.30. The Morgan fingerprint density at radius 2 is 1.88 bits per heavy atom. The first-order chi connectivity index (χ1) is 15.9. The zero-order valence-electron chi connectivity index (χ0n) is 19.5. The van der Waals surface area contributed by atoms with Crippen LogP contribution in [0.4, 0.5) is 21.6 Å². The number of aromatic nitrogens is 1. The highest BCUT2D eigenvalue weighted by atomic mass is 35.5. The molecular formula is C25H36ClFN6. The summed E-state index contributed by atoms with van der Waals surface area (Å²) in [6, 6.07) is 8.70. The molecule has 2 aliphatic rings. The Bertz CT molecular complexity index is 868. The van der Waals surface area contributed by atoms with Gasteiger partial charge in [-0.05, 0) is 88.8 Å². The molecule has 4 N–H and O–H groups in total. The maximum absolute atomic E-state index is 13.7. The molecule has 0 amide bonds. The third kappa shape index (κ3) is 9.42. The number of piperidine rings is 1. The molecule has 33 heavy (non-hydrogen) atoms. The summed E-state index contributed by atoms with van der Waals surface area (Å²) >= 11 is 5.60. The second-order valence-corrected chi connectivity index (χ2v) is 8.38. The highest BCUT2D eigenvalue weighted by Gasteiger charge is 2.16. The topological polar surface area (TPSA) is 69.5 Å². The average Bonchev–Trinajstić information content (AvgIpc) is 3.29. The first-order valence-corrected chi connectivity index (χ1v) is 11.7. The van der Waals surface area contributed by atoms with Crippen molar-refractivity contribution in [3.8, 4) is 0 Å². The van der Waals surface area contributed by atoms with Crippen molar-refractivity contribution >= 4 is 28.8 Å². The lowest BCUT2D eigenvalue weighted by Gasteiger charge is -2.31. The number of hydrogen-bond acceptors (Lipinski definition) is 6. The molecule has 0 unspecified atom stereocenters. The van der Waals surface area contributed by atoms with Crippen LogP contribution >= 0.6 is 11.6 Å². The maximum atomic E-state index is 13.7. The van der Waals surface area contributed by atoms with E-state index in [2.05, 4.69) is 45.6 Å². The smallest absolute Gasteiger partial charge is 0.148 e. The number of nitrogens with zero attached hydrogens (tertiary/aromatic N) is 3. The summed E-state index contributed by atoms with van der Waals surface area (Å²) in [5.74, 6) is 0.478. The molecule has 1 aromatic heterocycles. The van der Waals surface area contributed by atoms with Crippen molar-refractivity contribution < 1.29 is 4.39 Å². The summed E-state index contributed by atoms with van der Waals surface area (Å²) in [6.07, 6.45) is 9.26. The van der Waals surface area contributed by atoms with Gasteiger partial charge >= 0.3 is 0 Å². The lowest BCUT2D eigenvalue weighted by atomic mass is 10.1. The van der Waals surface area contributed by atoms with E-state index in [-0.39, 0.29) is 12.5 Å². The van der Waals surface area contributed by atoms with Crippen LogP contribution in [0.1, 0.15) is 32.1 Å². The van der Waals surface area contributed by atoms with Crippen molar-refractivity contribution in [2.24, 2.45) is 5.73 Å². The predicted molar refractivity (Wildman–Crippen MR) is 139 cm³/mol. The van der Waals surface area contributed by atoms with Crippen LogP contribution in [-0.2, 0) is 0 Å². The Morgan fingerprint density at radius 3 is 2.39 bits per heavy atom. The van der Waals surface area contributed by atoms with Gasteiger partial charge in [-0.25, -0.2) is 9.37 Å². The Balaban J connectivity index is 0.000000202. The fourth-order valence-electron chi connectivity index (χ4n) is 3.57. The number of allylic oxidation sites excluding steroid dienone is 1. The van der Waals surface area contributed by atoms with Crippen LogP contribution in [0.5, 0.6) is 0 Å². The minimum atomic E-state index is -0.272. The number of nitrogens with two attached hydrogens (primary N) is 1. The lowest BCUT2D eigenvalue weighted by molar-refractivity contribution is 0.418. The summed E-state index contributed by atoms with van der Waals surface area (Å²) in [6.45, 7) is 11.3. The minimum absolute atomic E-state index is 0.229. The molecule has 8 heteroatoms. The lowest BCUT2D eigenvalue weighted by Crippen LogP contribution is -2.27. The van der Waals surface area contributed by atoms with Crippen molar-refractivity contribution in [3.63, 3.8) is 0 Å². The van der Waals surface area contributed by atoms with Gasteiger partial charge < -0.3 is 26.2 Å². The fraction of sp³-hybridized carbons (Fsp3) is 0.400. The van der Waals surface area contributed by atoms with Gasteiger partial charge in [0.05, 0.1) is 17.4 Å². The van der Waals surface area contributed by atoms with Crippen LogP contribution in [0.3, 0.4) is 0 Å². The normalized spacial score (nSPS) is 15.6. The van der Waals surface area contributed by atoms with Crippen molar-refractivity contribution in [2.45, 2.75) is 32.1 Å². The Morgan fingerprint density at radius 1 is 1.15 bits per heavy atom. The van der Waals surface area contributed by atoms with Gasteiger partial charge in [0.25, 0.3) is 0 Å². The van der Waals surface area contributed by atoms with Crippen molar-refractivity contribution in [2.75, 3.05) is 48.9 Å². The molecule has 0 spiro atoms. The molecule has 1 aromatic carbocycles. The third-order valence-electron chi connectivity index (χ3n) is 5.34. The fourth-order valence-corrected chi connectivity index (χ4v) is 3.68. The van der Waals surface area contributed by atoms with Gasteiger partial charge in [0.15, 0.2) is 0 Å². The standard InChI is InChI=1S/C13H18FN3.C7H7ClN2.C5H11N/c1-10-4-2-3-7-17(10)11-5-6-13(16-9-15)12(14)8-11;1-2-9-7-4-3-6(8)5-10-7;1-6-4-2-3-5-6/h5-6,8,16H,1-4,7,9,15H2;2-5H,1H2,(H,9,10);2-5H2,1H3. The number of likely N-dealkylation sites (tertiary alicyclic amines) is 1. The highest BCUT2D eigenvalue weighted by Crippen LogP contribution is 2.28. The first kappa shape index (κ1) is 26.6. The molecule has 0 aliphatic carbocycles. The molecule has 0 saturated carbocycles. The second kappa shape index (κ2) is 14.5. The summed E-state index contributed by atoms with van der Waals surface area (Å²) in [5, 5.41) is 6.24. The number of pyridine rings is 1. The molecule has 0 radical (unpaired) electrons. The van der Waals surface area contributed by atoms with Crippen LogP contribution in [0.25, 0.3) is 0 Å². The largest absolute Gasteiger partial charge is 0.370 e. The summed E-state index contributed by atoms with van der Waals surface area (Å²) < 4.78 is 13.7. The quantitative estimate of drug-likeness (QED) is 0.486. The summed E-state index contributed by atoms with van der Waals surface area (Å²) in [5.41, 5.74) is 7.71. The molecular weight excluding hydrogens is 439 g/mol. The molecule has 180 valence electrons. The van der Waals surface area contributed by atoms with Crippen molar-refractivity contribution in [1.82, 2.24) is 9.88 Å². The van der Waals surface area contributed by atoms with Crippen LogP contribution in [0, 0.1) is 5.82 Å². The van der Waals surface area contributed by atoms with Gasteiger partial charge in [0.2, 0.25) is 0 Å². The van der Waals surface area contributed by atoms with Gasteiger partial charge in [-0.15, -0.1) is 0 Å². The van der Waals surface area contributed by atoms with Gasteiger partial charge in [0, 0.05) is 24.1 Å². The van der Waals surface area contributed by atoms with Gasteiger partial charge in [-0.1, -0.05) is 24.8 Å². The Hall–Kier alpha value is -2.61. The van der Waals surface area contributed by atoms with Crippen molar-refractivity contribution in [1.29, 1.82) is 0 Å². The van der Waals surface area contributed by atoms with E-state index in [1.54, 1.807) is 30.6 Å². The molecule has 2 aliphatic heterocycles. The van der Waals surface area contributed by atoms with Gasteiger partial charge in [-0.3, -0.25) is 0 Å². The summed E-state index contributed by atoms with van der Waals surface area (Å²) in [7, 11) is 2.17. The first-order valence-electron chi connectivity index (χ1n) is 11.3. The van der Waals surface area contributed by atoms with E-state index >= 15 is 0 Å². The van der Waals surface area contributed by atoms with E-state index in [0.717, 1.165) is 36.6 Å². The summed E-state index contributed by atoms with van der Waals surface area (Å²) in [4.78, 5) is 8.40. The van der Waals surface area contributed by atoms with Crippen molar-refractivity contribution in [3.05, 3.63) is 72.4 Å². The molecule has 6 nitrogen and oxygen atoms in total. The SMILES string of the molecule is C=C1CCCCN1c1ccc(NCN)c(F)c1.C=CNc1ccc(Cl)cn1.CN1CCCC1. The molecule has 3 heterocycles.